The van der Waals surface area contributed by atoms with Crippen molar-refractivity contribution in [1.29, 1.82) is 0 Å². The van der Waals surface area contributed by atoms with Gasteiger partial charge in [0.1, 0.15) is 0 Å². The Balaban J connectivity index is 2.58. The summed E-state index contributed by atoms with van der Waals surface area (Å²) < 4.78 is 14.8. The molecular formula is C8H7O2S2-. The molecule has 0 N–H and O–H groups in total. The highest BCUT2D eigenvalue weighted by Crippen LogP contribution is 2.00. The Morgan fingerprint density at radius 2 is 2.00 bits per heavy atom. The molecule has 1 aromatic rings. The van der Waals surface area contributed by atoms with E-state index in [1.807, 2.05) is 30.3 Å². The smallest absolute Gasteiger partial charge is 0.0622 e. The van der Waals surface area contributed by atoms with Gasteiger partial charge in [-0.15, -0.1) is 0 Å². The van der Waals surface area contributed by atoms with Crippen molar-refractivity contribution in [3.05, 3.63) is 42.2 Å². The molecule has 0 spiro atoms. The van der Waals surface area contributed by atoms with Gasteiger partial charge in [0.15, 0.2) is 0 Å². The first-order valence-corrected chi connectivity index (χ1v) is 5.27. The molecule has 0 heterocycles. The molecule has 0 amide bonds. The van der Waals surface area contributed by atoms with Crippen LogP contribution in [0.25, 0.3) is 6.08 Å². The maximum atomic E-state index is 10.3. The lowest BCUT2D eigenvalue weighted by atomic mass is 10.2. The molecule has 0 aromatic heterocycles. The number of rotatable bonds is 3. The highest BCUT2D eigenvalue weighted by atomic mass is 32.8. The molecule has 0 aliphatic carbocycles. The SMILES string of the molecule is O=[S-](=S)OC=Cc1ccccc1. The summed E-state index contributed by atoms with van der Waals surface area (Å²) in [5.41, 5.74) is 0.984. The van der Waals surface area contributed by atoms with Gasteiger partial charge < -0.3 is 8.39 Å². The van der Waals surface area contributed by atoms with Gasteiger partial charge in [-0.05, 0) is 21.3 Å². The van der Waals surface area contributed by atoms with Crippen LogP contribution in [0.4, 0.5) is 0 Å². The zero-order valence-electron chi connectivity index (χ0n) is 6.17. The molecule has 4 heteroatoms. The summed E-state index contributed by atoms with van der Waals surface area (Å²) in [6, 6.07) is 9.55. The first-order valence-electron chi connectivity index (χ1n) is 3.27. The summed E-state index contributed by atoms with van der Waals surface area (Å²) in [7, 11) is -1.64. The van der Waals surface area contributed by atoms with Gasteiger partial charge in [0.2, 0.25) is 0 Å². The van der Waals surface area contributed by atoms with Crippen LogP contribution in [0.3, 0.4) is 0 Å². The van der Waals surface area contributed by atoms with Crippen LogP contribution in [-0.2, 0) is 29.2 Å². The maximum Gasteiger partial charge on any atom is 0.0622 e. The van der Waals surface area contributed by atoms with E-state index in [1.54, 1.807) is 6.08 Å². The summed E-state index contributed by atoms with van der Waals surface area (Å²) in [5, 5.41) is 0. The fourth-order valence-electron chi connectivity index (χ4n) is 0.716. The van der Waals surface area contributed by atoms with E-state index in [2.05, 4.69) is 15.4 Å². The van der Waals surface area contributed by atoms with E-state index in [0.717, 1.165) is 5.56 Å². The second kappa shape index (κ2) is 4.90. The van der Waals surface area contributed by atoms with Gasteiger partial charge in [0.05, 0.1) is 6.26 Å². The third kappa shape index (κ3) is 3.50. The fourth-order valence-corrected chi connectivity index (χ4v) is 0.998. The minimum atomic E-state index is -1.64. The average molecular weight is 199 g/mol. The normalized spacial score (nSPS) is 10.8. The number of hydrogen-bond donors (Lipinski definition) is 0. The second-order valence-electron chi connectivity index (χ2n) is 2.01. The summed E-state index contributed by atoms with van der Waals surface area (Å²) in [5.74, 6) is 0. The number of benzene rings is 1. The van der Waals surface area contributed by atoms with Crippen molar-refractivity contribution in [3.63, 3.8) is 0 Å². The molecule has 64 valence electrons. The zero-order chi connectivity index (χ0) is 8.81. The molecule has 12 heavy (non-hydrogen) atoms. The van der Waals surface area contributed by atoms with Crippen LogP contribution in [0.15, 0.2) is 36.6 Å². The Labute approximate surface area is 77.8 Å². The minimum Gasteiger partial charge on any atom is -0.557 e. The van der Waals surface area contributed by atoms with Crippen LogP contribution in [-0.4, -0.2) is 0 Å². The molecule has 0 unspecified atom stereocenters. The molecule has 0 aliphatic rings. The van der Waals surface area contributed by atoms with Gasteiger partial charge in [-0.1, -0.05) is 30.3 Å². The molecule has 0 atom stereocenters. The number of hydrogen-bond acceptors (Lipinski definition) is 4. The van der Waals surface area contributed by atoms with Gasteiger partial charge in [0, 0.05) is 0 Å². The van der Waals surface area contributed by atoms with Crippen LogP contribution in [0.2, 0.25) is 0 Å². The maximum absolute atomic E-state index is 10.3. The fraction of sp³-hybridized carbons (Fsp3) is 0. The molecule has 0 fully saturated rings. The van der Waals surface area contributed by atoms with Gasteiger partial charge in [-0.25, -0.2) is 0 Å². The molecule has 1 aromatic carbocycles. The zero-order valence-corrected chi connectivity index (χ0v) is 7.81. The standard InChI is InChI=1S/C8H7O2S2/c9-12(11)10-7-6-8-4-2-1-3-5-8/h1-7H/q-1. The van der Waals surface area contributed by atoms with E-state index in [0.29, 0.717) is 0 Å². The lowest BCUT2D eigenvalue weighted by molar-refractivity contribution is 0.497. The quantitative estimate of drug-likeness (QED) is 0.550. The molecule has 0 saturated carbocycles. The third-order valence-electron chi connectivity index (χ3n) is 1.19. The lowest BCUT2D eigenvalue weighted by Gasteiger charge is -1.97. The van der Waals surface area contributed by atoms with Gasteiger partial charge in [-0.3, -0.25) is 0 Å². The highest BCUT2D eigenvalue weighted by molar-refractivity contribution is 8.19. The van der Waals surface area contributed by atoms with E-state index >= 15 is 0 Å². The second-order valence-corrected chi connectivity index (χ2v) is 3.43. The van der Waals surface area contributed by atoms with Crippen LogP contribution in [0, 0.1) is 0 Å². The molecule has 0 saturated heterocycles. The van der Waals surface area contributed by atoms with E-state index < -0.39 is 9.64 Å². The van der Waals surface area contributed by atoms with Crippen LogP contribution >= 0.6 is 0 Å². The first-order chi connectivity index (χ1) is 5.79. The Morgan fingerprint density at radius 1 is 1.33 bits per heavy atom. The molecule has 0 radical (unpaired) electrons. The Kier molecular flexibility index (Phi) is 3.76. The molecule has 1 rings (SSSR count). The Hall–Kier alpha value is -0.870. The van der Waals surface area contributed by atoms with E-state index in [1.165, 1.54) is 6.26 Å². The summed E-state index contributed by atoms with van der Waals surface area (Å²) >= 11 is 4.29. The van der Waals surface area contributed by atoms with Crippen molar-refractivity contribution in [2.75, 3.05) is 0 Å². The van der Waals surface area contributed by atoms with Gasteiger partial charge in [-0.2, -0.15) is 11.2 Å². The van der Waals surface area contributed by atoms with Gasteiger partial charge >= 0.3 is 0 Å². The molecule has 0 bridgehead atoms. The van der Waals surface area contributed by atoms with Crippen molar-refractivity contribution in [2.24, 2.45) is 0 Å². The molecule has 2 nitrogen and oxygen atoms in total. The monoisotopic (exact) mass is 199 g/mol. The van der Waals surface area contributed by atoms with E-state index in [4.69, 9.17) is 0 Å². The van der Waals surface area contributed by atoms with Gasteiger partial charge in [0.25, 0.3) is 0 Å². The molecular weight excluding hydrogens is 192 g/mol. The predicted molar refractivity (Wildman–Crippen MR) is 52.0 cm³/mol. The van der Waals surface area contributed by atoms with Crippen molar-refractivity contribution in [3.8, 4) is 0 Å². The third-order valence-corrected chi connectivity index (χ3v) is 1.70. The van der Waals surface area contributed by atoms with Crippen LogP contribution in [0.1, 0.15) is 5.56 Å². The lowest BCUT2D eigenvalue weighted by Crippen LogP contribution is -1.73. The van der Waals surface area contributed by atoms with Crippen molar-refractivity contribution < 1.29 is 8.39 Å². The van der Waals surface area contributed by atoms with Crippen molar-refractivity contribution >= 4 is 26.9 Å². The minimum absolute atomic E-state index is 0.984. The summed E-state index contributed by atoms with van der Waals surface area (Å²) in [4.78, 5) is 0. The summed E-state index contributed by atoms with van der Waals surface area (Å²) in [6.07, 6.45) is 3.03. The van der Waals surface area contributed by atoms with Crippen molar-refractivity contribution in [2.45, 2.75) is 0 Å². The van der Waals surface area contributed by atoms with Crippen LogP contribution < -0.4 is 0 Å². The van der Waals surface area contributed by atoms with E-state index in [-0.39, 0.29) is 0 Å². The summed E-state index contributed by atoms with van der Waals surface area (Å²) in [6.45, 7) is 0. The topological polar surface area (TPSA) is 26.3 Å². The van der Waals surface area contributed by atoms with Crippen LogP contribution in [0.5, 0.6) is 0 Å². The highest BCUT2D eigenvalue weighted by Gasteiger charge is 1.79. The van der Waals surface area contributed by atoms with Crippen molar-refractivity contribution in [1.82, 2.24) is 0 Å². The Morgan fingerprint density at radius 3 is 2.58 bits per heavy atom. The first kappa shape index (κ1) is 9.22. The Bertz CT molecular complexity index is 320. The molecule has 0 aliphatic heterocycles. The average Bonchev–Trinajstić information content (AvgIpc) is 2.05. The largest absolute Gasteiger partial charge is 0.557 e. The van der Waals surface area contributed by atoms with E-state index in [9.17, 15) is 4.21 Å². The predicted octanol–water partition coefficient (Wildman–Crippen LogP) is 2.01.